The molecule has 0 aliphatic heterocycles. The maximum Gasteiger partial charge on any atom is 0.237 e. The van der Waals surface area contributed by atoms with E-state index in [0.29, 0.717) is 11.7 Å². The highest BCUT2D eigenvalue weighted by molar-refractivity contribution is 5.85. The maximum atomic E-state index is 13.8. The monoisotopic (exact) mass is 353 g/mol. The van der Waals surface area contributed by atoms with Gasteiger partial charge in [-0.05, 0) is 44.5 Å². The summed E-state index contributed by atoms with van der Waals surface area (Å²) < 4.78 is 19.4. The molecule has 1 aliphatic carbocycles. The van der Waals surface area contributed by atoms with Gasteiger partial charge in [-0.2, -0.15) is 4.98 Å². The second-order valence-corrected chi connectivity index (χ2v) is 6.56. The first-order chi connectivity index (χ1) is 11.1. The predicted molar refractivity (Wildman–Crippen MR) is 94.0 cm³/mol. The maximum absolute atomic E-state index is 13.8. The molecule has 4 nitrogen and oxygen atoms in total. The van der Waals surface area contributed by atoms with Gasteiger partial charge in [0.1, 0.15) is 5.82 Å². The van der Waals surface area contributed by atoms with Crippen molar-refractivity contribution in [3.63, 3.8) is 0 Å². The molecule has 6 heteroatoms. The van der Waals surface area contributed by atoms with E-state index in [1.54, 1.807) is 12.1 Å². The van der Waals surface area contributed by atoms with E-state index in [0.717, 1.165) is 37.7 Å². The number of aromatic nitrogens is 2. The van der Waals surface area contributed by atoms with Crippen molar-refractivity contribution in [3.05, 3.63) is 47.4 Å². The van der Waals surface area contributed by atoms with Crippen LogP contribution in [-0.2, 0) is 11.8 Å². The molecule has 0 radical (unpaired) electrons. The number of rotatable bonds is 5. The van der Waals surface area contributed by atoms with E-state index in [-0.39, 0.29) is 29.7 Å². The van der Waals surface area contributed by atoms with Crippen LogP contribution >= 0.6 is 12.4 Å². The lowest BCUT2D eigenvalue weighted by atomic mass is 9.69. The molecule has 1 aromatic heterocycles. The molecule has 1 saturated carbocycles. The minimum atomic E-state index is -0.339. The van der Waals surface area contributed by atoms with Gasteiger partial charge in [0.05, 0.1) is 5.41 Å². The molecule has 1 unspecified atom stereocenters. The molecule has 0 spiro atoms. The second-order valence-electron chi connectivity index (χ2n) is 6.56. The zero-order valence-corrected chi connectivity index (χ0v) is 15.0. The van der Waals surface area contributed by atoms with Gasteiger partial charge in [-0.3, -0.25) is 0 Å². The van der Waals surface area contributed by atoms with Gasteiger partial charge in [-0.25, -0.2) is 4.39 Å². The highest BCUT2D eigenvalue weighted by atomic mass is 35.5. The van der Waals surface area contributed by atoms with Crippen molar-refractivity contribution in [1.29, 1.82) is 0 Å². The summed E-state index contributed by atoms with van der Waals surface area (Å²) in [5.41, 5.74) is 0.614. The number of benzene rings is 1. The highest BCUT2D eigenvalue weighted by Crippen LogP contribution is 2.44. The van der Waals surface area contributed by atoms with Gasteiger partial charge >= 0.3 is 0 Å². The van der Waals surface area contributed by atoms with Gasteiger partial charge in [-0.1, -0.05) is 36.6 Å². The van der Waals surface area contributed by atoms with Crippen molar-refractivity contribution in [2.75, 3.05) is 7.05 Å². The van der Waals surface area contributed by atoms with Crippen LogP contribution < -0.4 is 5.32 Å². The fourth-order valence-electron chi connectivity index (χ4n) is 3.47. The smallest absolute Gasteiger partial charge is 0.237 e. The number of halogens is 2. The van der Waals surface area contributed by atoms with Gasteiger partial charge < -0.3 is 9.84 Å². The fourth-order valence-corrected chi connectivity index (χ4v) is 3.47. The molecule has 0 saturated heterocycles. The number of nitrogens with zero attached hydrogens (tertiary/aromatic N) is 2. The van der Waals surface area contributed by atoms with E-state index < -0.39 is 0 Å². The average Bonchev–Trinajstić information content (AvgIpc) is 3.04. The largest absolute Gasteiger partial charge is 0.338 e. The summed E-state index contributed by atoms with van der Waals surface area (Å²) >= 11 is 0. The molecule has 1 atom stereocenters. The molecule has 1 aromatic carbocycles. The van der Waals surface area contributed by atoms with Crippen LogP contribution in [0.4, 0.5) is 4.39 Å². The van der Waals surface area contributed by atoms with E-state index in [4.69, 9.17) is 4.52 Å². The first-order valence-electron chi connectivity index (χ1n) is 8.40. The number of nitrogens with one attached hydrogen (secondary N) is 1. The number of likely N-dealkylation sites (N-methyl/N-ethyl adjacent to an activating group) is 1. The van der Waals surface area contributed by atoms with Crippen LogP contribution in [0.2, 0.25) is 0 Å². The van der Waals surface area contributed by atoms with Gasteiger partial charge in [0.15, 0.2) is 5.82 Å². The summed E-state index contributed by atoms with van der Waals surface area (Å²) in [6.45, 7) is 2.08. The average molecular weight is 354 g/mol. The summed E-state index contributed by atoms with van der Waals surface area (Å²) in [7, 11) is 1.92. The summed E-state index contributed by atoms with van der Waals surface area (Å²) in [6, 6.07) is 7.13. The summed E-state index contributed by atoms with van der Waals surface area (Å²) in [6.07, 6.45) is 5.98. The molecule has 0 amide bonds. The first-order valence-corrected chi connectivity index (χ1v) is 8.40. The lowest BCUT2D eigenvalue weighted by molar-refractivity contribution is 0.250. The van der Waals surface area contributed by atoms with Gasteiger partial charge in [0.25, 0.3) is 0 Å². The number of hydrogen-bond acceptors (Lipinski definition) is 4. The van der Waals surface area contributed by atoms with E-state index in [9.17, 15) is 4.39 Å². The number of hydrogen-bond donors (Lipinski definition) is 1. The SMILES string of the molecule is CNC(C)Cc1noc(C2(c3cccc(F)c3)CCCCC2)n1.Cl. The molecule has 1 N–H and O–H groups in total. The molecule has 1 fully saturated rings. The van der Waals surface area contributed by atoms with E-state index in [2.05, 4.69) is 22.4 Å². The third-order valence-corrected chi connectivity index (χ3v) is 4.94. The molecular formula is C18H25ClFN3O. The molecule has 2 aromatic rings. The second kappa shape index (κ2) is 8.08. The van der Waals surface area contributed by atoms with Crippen LogP contribution in [0.3, 0.4) is 0 Å². The summed E-state index contributed by atoms with van der Waals surface area (Å²) in [5.74, 6) is 1.14. The third-order valence-electron chi connectivity index (χ3n) is 4.94. The Morgan fingerprint density at radius 1 is 1.29 bits per heavy atom. The topological polar surface area (TPSA) is 51.0 Å². The minimum absolute atomic E-state index is 0. The van der Waals surface area contributed by atoms with Gasteiger partial charge in [-0.15, -0.1) is 12.4 Å². The molecule has 24 heavy (non-hydrogen) atoms. The first kappa shape index (κ1) is 18.9. The summed E-state index contributed by atoms with van der Waals surface area (Å²) in [5, 5.41) is 7.33. The third kappa shape index (κ3) is 3.78. The van der Waals surface area contributed by atoms with Crippen molar-refractivity contribution < 1.29 is 8.91 Å². The molecule has 132 valence electrons. The van der Waals surface area contributed by atoms with E-state index >= 15 is 0 Å². The van der Waals surface area contributed by atoms with Gasteiger partial charge in [0, 0.05) is 12.5 Å². The van der Waals surface area contributed by atoms with Crippen molar-refractivity contribution >= 4 is 12.4 Å². The zero-order chi connectivity index (χ0) is 16.3. The van der Waals surface area contributed by atoms with Crippen molar-refractivity contribution in [1.82, 2.24) is 15.5 Å². The molecule has 1 heterocycles. The van der Waals surface area contributed by atoms with Crippen LogP contribution in [0.5, 0.6) is 0 Å². The van der Waals surface area contributed by atoms with Crippen LogP contribution in [0.25, 0.3) is 0 Å². The molecular weight excluding hydrogens is 329 g/mol. The normalized spacial score (nSPS) is 18.0. The van der Waals surface area contributed by atoms with Crippen LogP contribution in [0.1, 0.15) is 56.3 Å². The highest BCUT2D eigenvalue weighted by Gasteiger charge is 2.41. The Morgan fingerprint density at radius 3 is 2.71 bits per heavy atom. The molecule has 0 bridgehead atoms. The summed E-state index contributed by atoms with van der Waals surface area (Å²) in [4.78, 5) is 4.66. The van der Waals surface area contributed by atoms with Crippen LogP contribution in [0.15, 0.2) is 28.8 Å². The van der Waals surface area contributed by atoms with Crippen molar-refractivity contribution in [2.45, 2.75) is 56.9 Å². The van der Waals surface area contributed by atoms with E-state index in [1.807, 2.05) is 13.1 Å². The van der Waals surface area contributed by atoms with Crippen molar-refractivity contribution in [2.24, 2.45) is 0 Å². The van der Waals surface area contributed by atoms with Crippen LogP contribution in [0, 0.1) is 5.82 Å². The van der Waals surface area contributed by atoms with E-state index in [1.165, 1.54) is 12.5 Å². The lowest BCUT2D eigenvalue weighted by Gasteiger charge is -2.34. The Hall–Kier alpha value is -1.46. The van der Waals surface area contributed by atoms with Crippen molar-refractivity contribution in [3.8, 4) is 0 Å². The predicted octanol–water partition coefficient (Wildman–Crippen LogP) is 4.03. The Bertz CT molecular complexity index is 655. The minimum Gasteiger partial charge on any atom is -0.338 e. The molecule has 1 aliphatic rings. The Labute approximate surface area is 148 Å². The Kier molecular flexibility index (Phi) is 6.35. The Morgan fingerprint density at radius 2 is 2.04 bits per heavy atom. The standard InChI is InChI=1S/C18H24FN3O.ClH/c1-13(20-2)11-16-21-17(23-22-16)18(9-4-3-5-10-18)14-7-6-8-15(19)12-14;/h6-8,12-13,20H,3-5,9-11H2,1-2H3;1H. The van der Waals surface area contributed by atoms with Crippen LogP contribution in [-0.4, -0.2) is 23.2 Å². The zero-order valence-electron chi connectivity index (χ0n) is 14.2. The lowest BCUT2D eigenvalue weighted by Crippen LogP contribution is -2.31. The quantitative estimate of drug-likeness (QED) is 0.881. The Balaban J connectivity index is 0.00000208. The van der Waals surface area contributed by atoms with Gasteiger partial charge in [0.2, 0.25) is 5.89 Å². The molecule has 3 rings (SSSR count). The fraction of sp³-hybridized carbons (Fsp3) is 0.556.